The zero-order valence-electron chi connectivity index (χ0n) is 18.5. The highest BCUT2D eigenvalue weighted by molar-refractivity contribution is 7.89. The molecule has 168 valence electrons. The first-order valence-electron chi connectivity index (χ1n) is 11.1. The Hall–Kier alpha value is -1.93. The fourth-order valence-electron chi connectivity index (χ4n) is 4.49. The molecule has 1 aliphatic carbocycles. The summed E-state index contributed by atoms with van der Waals surface area (Å²) in [6.07, 6.45) is 4.33. The monoisotopic (exact) mass is 443 g/mol. The molecule has 6 nitrogen and oxygen atoms in total. The Morgan fingerprint density at radius 3 is 2.35 bits per heavy atom. The average Bonchev–Trinajstić information content (AvgIpc) is 2.80. The summed E-state index contributed by atoms with van der Waals surface area (Å²) >= 11 is 0. The van der Waals surface area contributed by atoms with Gasteiger partial charge in [0.2, 0.25) is 10.0 Å². The third-order valence-electron chi connectivity index (χ3n) is 6.38. The van der Waals surface area contributed by atoms with E-state index in [1.54, 1.807) is 6.07 Å². The Morgan fingerprint density at radius 2 is 1.68 bits per heavy atom. The molecule has 1 fully saturated rings. The van der Waals surface area contributed by atoms with Crippen LogP contribution in [0.1, 0.15) is 35.6 Å². The maximum absolute atomic E-state index is 13.1. The quantitative estimate of drug-likeness (QED) is 0.713. The van der Waals surface area contributed by atoms with Crippen molar-refractivity contribution in [2.75, 3.05) is 51.8 Å². The van der Waals surface area contributed by atoms with Crippen molar-refractivity contribution >= 4 is 15.7 Å². The first-order valence-corrected chi connectivity index (χ1v) is 12.6. The molecule has 1 N–H and O–H groups in total. The summed E-state index contributed by atoms with van der Waals surface area (Å²) in [7, 11) is 0.457. The summed E-state index contributed by atoms with van der Waals surface area (Å²) in [5, 5.41) is 0. The van der Waals surface area contributed by atoms with E-state index in [9.17, 15) is 8.42 Å². The Balaban J connectivity index is 1.53. The van der Waals surface area contributed by atoms with E-state index >= 15 is 0 Å². The summed E-state index contributed by atoms with van der Waals surface area (Å²) in [6.45, 7) is 3.26. The van der Waals surface area contributed by atoms with Crippen LogP contribution >= 0.6 is 0 Å². The Kier molecular flexibility index (Phi) is 6.96. The molecule has 2 aromatic carbocycles. The van der Waals surface area contributed by atoms with Gasteiger partial charge in [0.1, 0.15) is 0 Å². The number of benzene rings is 2. The van der Waals surface area contributed by atoms with Crippen LogP contribution in [0.5, 0.6) is 0 Å². The van der Waals surface area contributed by atoms with Crippen LogP contribution in [0.15, 0.2) is 47.4 Å². The molecule has 0 spiro atoms. The van der Waals surface area contributed by atoms with Gasteiger partial charge in [0.25, 0.3) is 0 Å². The van der Waals surface area contributed by atoms with Crippen LogP contribution < -0.4 is 9.62 Å². The number of hydrogen-bond donors (Lipinski definition) is 1. The van der Waals surface area contributed by atoms with Gasteiger partial charge in [-0.1, -0.05) is 18.2 Å². The van der Waals surface area contributed by atoms with E-state index in [1.165, 1.54) is 17.5 Å². The molecule has 0 amide bonds. The molecule has 0 saturated carbocycles. The maximum Gasteiger partial charge on any atom is 0.240 e. The molecular weight excluding hydrogens is 410 g/mol. The Morgan fingerprint density at radius 1 is 1.00 bits per heavy atom. The van der Waals surface area contributed by atoms with Gasteiger partial charge in [-0.05, 0) is 66.6 Å². The number of nitrogens with zero attached hydrogens (tertiary/aromatic N) is 2. The predicted molar refractivity (Wildman–Crippen MR) is 124 cm³/mol. The molecule has 1 aliphatic heterocycles. The lowest BCUT2D eigenvalue weighted by molar-refractivity contribution is 0.0172. The summed E-state index contributed by atoms with van der Waals surface area (Å²) in [4.78, 5) is 4.74. The van der Waals surface area contributed by atoms with Gasteiger partial charge in [-0.2, -0.15) is 0 Å². The van der Waals surface area contributed by atoms with Crippen LogP contribution in [0.25, 0.3) is 0 Å². The zero-order chi connectivity index (χ0) is 21.8. The van der Waals surface area contributed by atoms with Gasteiger partial charge in [0.15, 0.2) is 0 Å². The number of nitrogens with one attached hydrogen (secondary N) is 1. The largest absolute Gasteiger partial charge is 0.379 e. The van der Waals surface area contributed by atoms with Gasteiger partial charge >= 0.3 is 0 Å². The van der Waals surface area contributed by atoms with E-state index in [1.807, 2.05) is 26.2 Å². The molecular formula is C24H33N3O3S. The molecule has 0 bridgehead atoms. The number of hydrogen-bond acceptors (Lipinski definition) is 5. The third-order valence-corrected chi connectivity index (χ3v) is 7.80. The molecule has 2 aromatic rings. The van der Waals surface area contributed by atoms with Crippen molar-refractivity contribution in [1.29, 1.82) is 0 Å². The van der Waals surface area contributed by atoms with Crippen molar-refractivity contribution < 1.29 is 13.2 Å². The fourth-order valence-corrected chi connectivity index (χ4v) is 5.58. The second-order valence-electron chi connectivity index (χ2n) is 8.64. The predicted octanol–water partition coefficient (Wildman–Crippen LogP) is 2.98. The number of morpholine rings is 1. The molecule has 1 atom stereocenters. The molecule has 0 aromatic heterocycles. The molecule has 1 heterocycles. The van der Waals surface area contributed by atoms with Crippen molar-refractivity contribution in [3.05, 3.63) is 59.2 Å². The third kappa shape index (κ3) is 5.29. The van der Waals surface area contributed by atoms with Crippen LogP contribution in [-0.2, 0) is 27.6 Å². The summed E-state index contributed by atoms with van der Waals surface area (Å²) in [5.74, 6) is 0. The number of sulfonamides is 1. The summed E-state index contributed by atoms with van der Waals surface area (Å²) in [6, 6.07) is 13.9. The highest BCUT2D eigenvalue weighted by Gasteiger charge is 2.25. The maximum atomic E-state index is 13.1. The number of fused-ring (bicyclic) bond motifs is 1. The van der Waals surface area contributed by atoms with Gasteiger partial charge in [0.05, 0.1) is 18.1 Å². The second kappa shape index (κ2) is 9.69. The van der Waals surface area contributed by atoms with E-state index in [0.29, 0.717) is 24.7 Å². The lowest BCUT2D eigenvalue weighted by atomic mass is 9.92. The van der Waals surface area contributed by atoms with Crippen molar-refractivity contribution in [3.63, 3.8) is 0 Å². The highest BCUT2D eigenvalue weighted by Crippen LogP contribution is 2.26. The number of anilines is 1. The minimum absolute atomic E-state index is 0.0347. The molecule has 1 saturated heterocycles. The van der Waals surface area contributed by atoms with Crippen LogP contribution in [0.4, 0.5) is 5.69 Å². The van der Waals surface area contributed by atoms with E-state index in [2.05, 4.69) is 38.8 Å². The van der Waals surface area contributed by atoms with Gasteiger partial charge in [-0.3, -0.25) is 4.90 Å². The molecule has 2 aliphatic rings. The first kappa shape index (κ1) is 22.3. The summed E-state index contributed by atoms with van der Waals surface area (Å²) < 4.78 is 34.6. The van der Waals surface area contributed by atoms with Gasteiger partial charge in [0, 0.05) is 45.5 Å². The summed E-state index contributed by atoms with van der Waals surface area (Å²) in [5.41, 5.74) is 4.70. The van der Waals surface area contributed by atoms with Crippen LogP contribution in [-0.4, -0.2) is 60.3 Å². The van der Waals surface area contributed by atoms with Crippen LogP contribution in [0.2, 0.25) is 0 Å². The van der Waals surface area contributed by atoms with Crippen LogP contribution in [0, 0.1) is 0 Å². The van der Waals surface area contributed by atoms with E-state index in [4.69, 9.17) is 4.74 Å². The van der Waals surface area contributed by atoms with Gasteiger partial charge in [-0.25, -0.2) is 13.1 Å². The first-order chi connectivity index (χ1) is 14.9. The van der Waals surface area contributed by atoms with E-state index < -0.39 is 10.0 Å². The lowest BCUT2D eigenvalue weighted by Gasteiger charge is -2.35. The van der Waals surface area contributed by atoms with E-state index in [-0.39, 0.29) is 6.04 Å². The second-order valence-corrected chi connectivity index (χ2v) is 10.4. The number of aryl methyl sites for hydroxylation is 2. The smallest absolute Gasteiger partial charge is 0.240 e. The Labute approximate surface area is 186 Å². The van der Waals surface area contributed by atoms with Crippen molar-refractivity contribution in [3.8, 4) is 0 Å². The molecule has 0 radical (unpaired) electrons. The van der Waals surface area contributed by atoms with Crippen molar-refractivity contribution in [2.45, 2.75) is 36.6 Å². The zero-order valence-corrected chi connectivity index (χ0v) is 19.3. The van der Waals surface area contributed by atoms with E-state index in [0.717, 1.165) is 43.6 Å². The van der Waals surface area contributed by atoms with Crippen molar-refractivity contribution in [2.24, 2.45) is 0 Å². The van der Waals surface area contributed by atoms with Crippen molar-refractivity contribution in [1.82, 2.24) is 9.62 Å². The molecule has 4 rings (SSSR count). The molecule has 7 heteroatoms. The minimum Gasteiger partial charge on any atom is -0.379 e. The van der Waals surface area contributed by atoms with Gasteiger partial charge < -0.3 is 9.64 Å². The lowest BCUT2D eigenvalue weighted by Crippen LogP contribution is -2.43. The SMILES string of the molecule is CN(C)c1ccc(C(CNS(=O)(=O)c2ccc3c(c2)CCCC3)N2CCOCC2)cc1. The van der Waals surface area contributed by atoms with Crippen LogP contribution in [0.3, 0.4) is 0 Å². The highest BCUT2D eigenvalue weighted by atomic mass is 32.2. The average molecular weight is 444 g/mol. The van der Waals surface area contributed by atoms with Gasteiger partial charge in [-0.15, -0.1) is 0 Å². The fraction of sp³-hybridized carbons (Fsp3) is 0.500. The number of rotatable bonds is 7. The number of ether oxygens (including phenoxy) is 1. The molecule has 31 heavy (non-hydrogen) atoms. The topological polar surface area (TPSA) is 61.9 Å². The Bertz CT molecular complexity index is 984. The minimum atomic E-state index is -3.57. The molecule has 1 unspecified atom stereocenters. The normalized spacial score (nSPS) is 18.4. The standard InChI is InChI=1S/C24H33N3O3S/c1-26(2)22-10-7-20(8-11-22)24(27-13-15-30-16-14-27)18-25-31(28,29)23-12-9-19-5-3-4-6-21(19)17-23/h7-12,17,24-25H,3-6,13-16,18H2,1-2H3.